The molecule has 0 aliphatic heterocycles. The largest absolute Gasteiger partial charge is 0.416 e. The maximum absolute atomic E-state index is 14.9. The van der Waals surface area contributed by atoms with E-state index in [2.05, 4.69) is 6.92 Å². The smallest absolute Gasteiger partial charge is 0.206 e. The molecule has 4 heteroatoms. The lowest BCUT2D eigenvalue weighted by Crippen LogP contribution is -2.30. The number of unbranched alkanes of at least 4 members (excludes halogenated alkanes) is 2. The van der Waals surface area contributed by atoms with Gasteiger partial charge in [0, 0.05) is 5.56 Å². The summed E-state index contributed by atoms with van der Waals surface area (Å²) in [5, 5.41) is 0. The summed E-state index contributed by atoms with van der Waals surface area (Å²) in [4.78, 5) is 0. The third-order valence-corrected chi connectivity index (χ3v) is 7.93. The zero-order chi connectivity index (χ0) is 22.7. The van der Waals surface area contributed by atoms with Crippen LogP contribution < -0.4 is 0 Å². The molecule has 4 unspecified atom stereocenters. The fourth-order valence-electron chi connectivity index (χ4n) is 6.09. The fourth-order valence-corrected chi connectivity index (χ4v) is 6.09. The number of hydrogen-bond acceptors (Lipinski definition) is 0. The molecule has 174 valence electrons. The molecule has 0 spiro atoms. The summed E-state index contributed by atoms with van der Waals surface area (Å²) in [6.07, 6.45) is 8.53. The van der Waals surface area contributed by atoms with Crippen LogP contribution in [0.2, 0.25) is 0 Å². The topological polar surface area (TPSA) is 0 Å². The first-order valence-electron chi connectivity index (χ1n) is 12.3. The van der Waals surface area contributed by atoms with Gasteiger partial charge in [0.15, 0.2) is 0 Å². The van der Waals surface area contributed by atoms with Gasteiger partial charge in [0.05, 0.1) is 5.56 Å². The molecular formula is C28H34F4. The molecule has 0 heterocycles. The van der Waals surface area contributed by atoms with Gasteiger partial charge < -0.3 is 0 Å². The molecule has 0 aromatic heterocycles. The minimum absolute atomic E-state index is 0.344. The van der Waals surface area contributed by atoms with Crippen molar-refractivity contribution < 1.29 is 17.6 Å². The van der Waals surface area contributed by atoms with Crippen molar-refractivity contribution >= 4 is 0 Å². The highest BCUT2D eigenvalue weighted by Gasteiger charge is 2.36. The summed E-state index contributed by atoms with van der Waals surface area (Å²) in [6.45, 7) is 2.26. The minimum Gasteiger partial charge on any atom is -0.206 e. The summed E-state index contributed by atoms with van der Waals surface area (Å²) in [5.41, 5.74) is 1.17. The second-order valence-electron chi connectivity index (χ2n) is 10.0. The molecule has 0 radical (unpaired) electrons. The summed E-state index contributed by atoms with van der Waals surface area (Å²) < 4.78 is 53.3. The Morgan fingerprint density at radius 2 is 1.56 bits per heavy atom. The molecule has 2 aromatic carbocycles. The van der Waals surface area contributed by atoms with Crippen molar-refractivity contribution in [3.8, 4) is 11.1 Å². The van der Waals surface area contributed by atoms with Gasteiger partial charge in [0.2, 0.25) is 0 Å². The highest BCUT2D eigenvalue weighted by atomic mass is 19.4. The lowest BCUT2D eigenvalue weighted by atomic mass is 9.63. The first-order valence-corrected chi connectivity index (χ1v) is 12.3. The SMILES string of the molecule is CCCCCC1CCC2CC(c3ccc(-c4ccc(C(F)(F)F)cc4)c(F)c3)CCC2C1. The van der Waals surface area contributed by atoms with Gasteiger partial charge in [-0.2, -0.15) is 13.2 Å². The Hall–Kier alpha value is -1.84. The molecule has 2 aromatic rings. The lowest BCUT2D eigenvalue weighted by Gasteiger charge is -2.42. The van der Waals surface area contributed by atoms with E-state index < -0.39 is 11.7 Å². The van der Waals surface area contributed by atoms with E-state index in [4.69, 9.17) is 0 Å². The average Bonchev–Trinajstić information content (AvgIpc) is 2.78. The maximum atomic E-state index is 14.9. The number of hydrogen-bond donors (Lipinski definition) is 0. The summed E-state index contributed by atoms with van der Waals surface area (Å²) in [6, 6.07) is 10.1. The van der Waals surface area contributed by atoms with E-state index in [1.165, 1.54) is 63.5 Å². The van der Waals surface area contributed by atoms with Gasteiger partial charge in [-0.1, -0.05) is 63.3 Å². The highest BCUT2D eigenvalue weighted by molar-refractivity contribution is 5.65. The molecule has 0 saturated heterocycles. The molecule has 2 fully saturated rings. The zero-order valence-electron chi connectivity index (χ0n) is 18.9. The van der Waals surface area contributed by atoms with Crippen molar-refractivity contribution in [1.82, 2.24) is 0 Å². The van der Waals surface area contributed by atoms with Crippen LogP contribution in [-0.4, -0.2) is 0 Å². The predicted molar refractivity (Wildman–Crippen MR) is 122 cm³/mol. The molecule has 32 heavy (non-hydrogen) atoms. The van der Waals surface area contributed by atoms with Crippen LogP contribution in [0.25, 0.3) is 11.1 Å². The van der Waals surface area contributed by atoms with Crippen LogP contribution >= 0.6 is 0 Å². The standard InChI is InChI=1S/C28H34F4/c1-2-3-4-5-19-6-7-22-17-23(9-8-21(22)16-19)24-12-15-26(27(29)18-24)20-10-13-25(14-11-20)28(30,31)32/h10-15,18-19,21-23H,2-9,16-17H2,1H3. The molecule has 2 saturated carbocycles. The quantitative estimate of drug-likeness (QED) is 0.306. The molecule has 0 nitrogen and oxygen atoms in total. The Morgan fingerprint density at radius 1 is 0.844 bits per heavy atom. The van der Waals surface area contributed by atoms with E-state index in [-0.39, 0.29) is 5.82 Å². The van der Waals surface area contributed by atoms with Gasteiger partial charge in [-0.3, -0.25) is 0 Å². The van der Waals surface area contributed by atoms with Crippen LogP contribution in [0.1, 0.15) is 88.2 Å². The van der Waals surface area contributed by atoms with Crippen molar-refractivity contribution in [3.63, 3.8) is 0 Å². The second-order valence-corrected chi connectivity index (χ2v) is 10.0. The van der Waals surface area contributed by atoms with Gasteiger partial charge in [-0.25, -0.2) is 4.39 Å². The van der Waals surface area contributed by atoms with E-state index in [0.29, 0.717) is 17.0 Å². The Labute approximate surface area is 189 Å². The Morgan fingerprint density at radius 3 is 2.25 bits per heavy atom. The molecule has 2 aliphatic carbocycles. The minimum atomic E-state index is -4.38. The van der Waals surface area contributed by atoms with E-state index in [9.17, 15) is 17.6 Å². The Kier molecular flexibility index (Phi) is 7.27. The molecular weight excluding hydrogens is 412 g/mol. The normalized spacial score (nSPS) is 26.0. The number of benzene rings is 2. The first kappa shape index (κ1) is 23.3. The third kappa shape index (κ3) is 5.38. The van der Waals surface area contributed by atoms with Crippen molar-refractivity contribution in [2.45, 2.75) is 83.2 Å². The first-order chi connectivity index (χ1) is 15.3. The zero-order valence-corrected chi connectivity index (χ0v) is 18.9. The van der Waals surface area contributed by atoms with Crippen molar-refractivity contribution in [2.75, 3.05) is 0 Å². The van der Waals surface area contributed by atoms with Crippen LogP contribution in [0.5, 0.6) is 0 Å². The average molecular weight is 447 g/mol. The van der Waals surface area contributed by atoms with E-state index in [1.807, 2.05) is 6.07 Å². The van der Waals surface area contributed by atoms with Crippen LogP contribution in [0.4, 0.5) is 17.6 Å². The number of fused-ring (bicyclic) bond motifs is 1. The molecule has 4 rings (SSSR count). The molecule has 0 N–H and O–H groups in total. The Bertz CT molecular complexity index is 883. The van der Waals surface area contributed by atoms with Crippen molar-refractivity contribution in [1.29, 1.82) is 0 Å². The van der Waals surface area contributed by atoms with Gasteiger partial charge in [0.1, 0.15) is 5.82 Å². The predicted octanol–water partition coefficient (Wildman–Crippen LogP) is 9.39. The van der Waals surface area contributed by atoms with Crippen LogP contribution in [0.15, 0.2) is 42.5 Å². The fraction of sp³-hybridized carbons (Fsp3) is 0.571. The number of halogens is 4. The Balaban J connectivity index is 1.39. The lowest BCUT2D eigenvalue weighted by molar-refractivity contribution is -0.137. The van der Waals surface area contributed by atoms with Crippen LogP contribution in [-0.2, 0) is 6.18 Å². The monoisotopic (exact) mass is 446 g/mol. The van der Waals surface area contributed by atoms with E-state index >= 15 is 0 Å². The van der Waals surface area contributed by atoms with E-state index in [0.717, 1.165) is 48.3 Å². The van der Waals surface area contributed by atoms with E-state index in [1.54, 1.807) is 12.1 Å². The van der Waals surface area contributed by atoms with Crippen molar-refractivity contribution in [3.05, 3.63) is 59.4 Å². The molecule has 2 aliphatic rings. The second kappa shape index (κ2) is 9.97. The summed E-state index contributed by atoms with van der Waals surface area (Å²) in [7, 11) is 0. The van der Waals surface area contributed by atoms with Gasteiger partial charge >= 0.3 is 6.18 Å². The molecule has 4 atom stereocenters. The summed E-state index contributed by atoms with van der Waals surface area (Å²) in [5.74, 6) is 2.55. The number of rotatable bonds is 6. The molecule has 0 bridgehead atoms. The summed E-state index contributed by atoms with van der Waals surface area (Å²) >= 11 is 0. The van der Waals surface area contributed by atoms with Crippen LogP contribution in [0, 0.1) is 23.6 Å². The maximum Gasteiger partial charge on any atom is 0.416 e. The molecule has 0 amide bonds. The highest BCUT2D eigenvalue weighted by Crippen LogP contribution is 2.48. The number of alkyl halides is 3. The van der Waals surface area contributed by atoms with Gasteiger partial charge in [-0.05, 0) is 85.1 Å². The van der Waals surface area contributed by atoms with Crippen LogP contribution in [0.3, 0.4) is 0 Å². The third-order valence-electron chi connectivity index (χ3n) is 7.93. The van der Waals surface area contributed by atoms with Gasteiger partial charge in [-0.15, -0.1) is 0 Å². The van der Waals surface area contributed by atoms with Crippen molar-refractivity contribution in [2.24, 2.45) is 17.8 Å². The van der Waals surface area contributed by atoms with Gasteiger partial charge in [0.25, 0.3) is 0 Å².